The molecule has 0 aliphatic rings. The minimum atomic E-state index is 0.0947. The maximum atomic E-state index is 11.8. The Balaban J connectivity index is 2.32. The molecule has 0 N–H and O–H groups in total. The molecule has 0 saturated heterocycles. The molecule has 0 bridgehead atoms. The maximum absolute atomic E-state index is 11.8. The summed E-state index contributed by atoms with van der Waals surface area (Å²) in [5.41, 5.74) is 1.10. The normalized spacial score (nSPS) is 10.6. The number of hydrogen-bond donors (Lipinski definition) is 0. The number of Topliss-reactive ketones (excluding diaryl/α,β-unsaturated/α-hetero) is 1. The summed E-state index contributed by atoms with van der Waals surface area (Å²) < 4.78 is 4.90. The first-order chi connectivity index (χ1) is 9.26. The lowest BCUT2D eigenvalue weighted by Crippen LogP contribution is -2.31. The van der Waals surface area contributed by atoms with E-state index in [0.29, 0.717) is 6.54 Å². The second kappa shape index (κ2) is 6.34. The molecule has 0 unspecified atom stereocenters. The van der Waals surface area contributed by atoms with Gasteiger partial charge in [-0.05, 0) is 18.4 Å². The van der Waals surface area contributed by atoms with Gasteiger partial charge in [0.2, 0.25) is 0 Å². The first-order valence-electron chi connectivity index (χ1n) is 6.49. The highest BCUT2D eigenvalue weighted by atomic mass is 16.5. The molecule has 2 rings (SSSR count). The quantitative estimate of drug-likeness (QED) is 0.797. The van der Waals surface area contributed by atoms with Crippen molar-refractivity contribution in [3.05, 3.63) is 42.5 Å². The summed E-state index contributed by atoms with van der Waals surface area (Å²) in [5, 5.41) is 2.37. The zero-order valence-electron chi connectivity index (χ0n) is 11.4. The lowest BCUT2D eigenvalue weighted by Gasteiger charge is -2.23. The van der Waals surface area contributed by atoms with Gasteiger partial charge in [0, 0.05) is 24.7 Å². The van der Waals surface area contributed by atoms with E-state index in [-0.39, 0.29) is 12.4 Å². The number of anilines is 1. The third-order valence-corrected chi connectivity index (χ3v) is 3.16. The smallest absolute Gasteiger partial charge is 0.177 e. The molecule has 0 radical (unpaired) electrons. The van der Waals surface area contributed by atoms with Crippen molar-refractivity contribution in [2.24, 2.45) is 0 Å². The van der Waals surface area contributed by atoms with E-state index >= 15 is 0 Å². The Morgan fingerprint density at radius 2 is 1.89 bits per heavy atom. The van der Waals surface area contributed by atoms with Crippen LogP contribution in [0.15, 0.2) is 42.5 Å². The van der Waals surface area contributed by atoms with Gasteiger partial charge in [0.05, 0.1) is 6.54 Å². The molecular formula is C16H19NO2. The third kappa shape index (κ3) is 3.12. The molecule has 100 valence electrons. The van der Waals surface area contributed by atoms with Crippen LogP contribution < -0.4 is 4.90 Å². The number of ether oxygens (including phenoxy) is 1. The number of carbonyl (C=O) groups is 1. The number of ketones is 1. The Labute approximate surface area is 113 Å². The van der Waals surface area contributed by atoms with E-state index in [2.05, 4.69) is 36.1 Å². The topological polar surface area (TPSA) is 29.5 Å². The molecule has 0 spiro atoms. The number of carbonyl (C=O) groups excluding carboxylic acids is 1. The number of fused-ring (bicyclic) bond motifs is 1. The van der Waals surface area contributed by atoms with E-state index in [9.17, 15) is 4.79 Å². The van der Waals surface area contributed by atoms with Gasteiger partial charge in [-0.15, -0.1) is 0 Å². The maximum Gasteiger partial charge on any atom is 0.177 e. The van der Waals surface area contributed by atoms with Crippen LogP contribution in [0, 0.1) is 0 Å². The molecule has 0 fully saturated rings. The van der Waals surface area contributed by atoms with Crippen LogP contribution >= 0.6 is 0 Å². The molecule has 2 aromatic rings. The van der Waals surface area contributed by atoms with Gasteiger partial charge < -0.3 is 9.64 Å². The van der Waals surface area contributed by atoms with Crippen LogP contribution in [-0.4, -0.2) is 32.6 Å². The van der Waals surface area contributed by atoms with Crippen LogP contribution in [0.2, 0.25) is 0 Å². The van der Waals surface area contributed by atoms with Crippen molar-refractivity contribution in [2.75, 3.05) is 31.7 Å². The second-order valence-corrected chi connectivity index (χ2v) is 4.48. The van der Waals surface area contributed by atoms with E-state index in [1.807, 2.05) is 18.2 Å². The molecule has 0 saturated carbocycles. The minimum absolute atomic E-state index is 0.0947. The van der Waals surface area contributed by atoms with E-state index in [1.54, 1.807) is 7.11 Å². The van der Waals surface area contributed by atoms with Crippen molar-refractivity contribution < 1.29 is 9.53 Å². The van der Waals surface area contributed by atoms with Gasteiger partial charge in [-0.2, -0.15) is 0 Å². The molecule has 0 aliphatic carbocycles. The van der Waals surface area contributed by atoms with Gasteiger partial charge in [-0.1, -0.05) is 36.4 Å². The monoisotopic (exact) mass is 257 g/mol. The fraction of sp³-hybridized carbons (Fsp3) is 0.312. The van der Waals surface area contributed by atoms with E-state index in [1.165, 1.54) is 10.8 Å². The number of benzene rings is 2. The number of nitrogens with zero attached hydrogens (tertiary/aromatic N) is 1. The van der Waals surface area contributed by atoms with Gasteiger partial charge in [-0.25, -0.2) is 0 Å². The van der Waals surface area contributed by atoms with Crippen LogP contribution in [0.1, 0.15) is 6.92 Å². The molecule has 3 nitrogen and oxygen atoms in total. The van der Waals surface area contributed by atoms with Crippen molar-refractivity contribution in [1.29, 1.82) is 0 Å². The van der Waals surface area contributed by atoms with E-state index in [0.717, 1.165) is 12.2 Å². The zero-order chi connectivity index (χ0) is 13.7. The number of methoxy groups -OCH3 is 1. The number of likely N-dealkylation sites (N-methyl/N-ethyl adjacent to an activating group) is 1. The molecule has 2 aromatic carbocycles. The Morgan fingerprint density at radius 3 is 2.63 bits per heavy atom. The highest BCUT2D eigenvalue weighted by molar-refractivity contribution is 5.96. The minimum Gasteiger partial charge on any atom is -0.377 e. The van der Waals surface area contributed by atoms with Crippen molar-refractivity contribution in [3.63, 3.8) is 0 Å². The number of rotatable bonds is 6. The Kier molecular flexibility index (Phi) is 4.53. The Hall–Kier alpha value is -1.87. The first-order valence-corrected chi connectivity index (χ1v) is 6.49. The molecule has 0 aliphatic heterocycles. The van der Waals surface area contributed by atoms with Crippen molar-refractivity contribution in [1.82, 2.24) is 0 Å². The average Bonchev–Trinajstić information content (AvgIpc) is 2.44. The standard InChI is InChI=1S/C16H19NO2/c1-3-17(11-14(18)12-19-2)16-10-6-8-13-7-4-5-9-15(13)16/h4-10H,3,11-12H2,1-2H3. The summed E-state index contributed by atoms with van der Waals surface area (Å²) in [5.74, 6) is 0.0947. The lowest BCUT2D eigenvalue weighted by molar-refractivity contribution is -0.121. The average molecular weight is 257 g/mol. The van der Waals surface area contributed by atoms with E-state index < -0.39 is 0 Å². The molecule has 0 atom stereocenters. The van der Waals surface area contributed by atoms with Crippen molar-refractivity contribution in [3.8, 4) is 0 Å². The summed E-state index contributed by atoms with van der Waals surface area (Å²) in [4.78, 5) is 13.8. The van der Waals surface area contributed by atoms with Crippen LogP contribution in [-0.2, 0) is 9.53 Å². The van der Waals surface area contributed by atoms with Crippen molar-refractivity contribution in [2.45, 2.75) is 6.92 Å². The third-order valence-electron chi connectivity index (χ3n) is 3.16. The van der Waals surface area contributed by atoms with Gasteiger partial charge >= 0.3 is 0 Å². The molecule has 0 heterocycles. The molecular weight excluding hydrogens is 238 g/mol. The van der Waals surface area contributed by atoms with Crippen LogP contribution in [0.5, 0.6) is 0 Å². The van der Waals surface area contributed by atoms with E-state index in [4.69, 9.17) is 4.74 Å². The summed E-state index contributed by atoms with van der Waals surface area (Å²) in [6.45, 7) is 3.41. The van der Waals surface area contributed by atoms with Crippen molar-refractivity contribution >= 4 is 22.2 Å². The summed E-state index contributed by atoms with van der Waals surface area (Å²) in [7, 11) is 1.55. The second-order valence-electron chi connectivity index (χ2n) is 4.48. The van der Waals surface area contributed by atoms with Crippen LogP contribution in [0.4, 0.5) is 5.69 Å². The molecule has 0 amide bonds. The Bertz CT molecular complexity index is 560. The van der Waals surface area contributed by atoms with Gasteiger partial charge in [0.1, 0.15) is 6.61 Å². The highest BCUT2D eigenvalue weighted by Gasteiger charge is 2.12. The molecule has 0 aromatic heterocycles. The van der Waals surface area contributed by atoms with Gasteiger partial charge in [0.15, 0.2) is 5.78 Å². The fourth-order valence-corrected chi connectivity index (χ4v) is 2.27. The summed E-state index contributed by atoms with van der Waals surface area (Å²) in [6.07, 6.45) is 0. The SMILES string of the molecule is CCN(CC(=O)COC)c1cccc2ccccc12. The first kappa shape index (κ1) is 13.6. The summed E-state index contributed by atoms with van der Waals surface area (Å²) in [6, 6.07) is 14.4. The van der Waals surface area contributed by atoms with Crippen LogP contribution in [0.25, 0.3) is 10.8 Å². The molecule has 19 heavy (non-hydrogen) atoms. The molecule has 3 heteroatoms. The number of hydrogen-bond acceptors (Lipinski definition) is 3. The fourth-order valence-electron chi connectivity index (χ4n) is 2.27. The van der Waals surface area contributed by atoms with Gasteiger partial charge in [-0.3, -0.25) is 4.79 Å². The highest BCUT2D eigenvalue weighted by Crippen LogP contribution is 2.26. The van der Waals surface area contributed by atoms with Gasteiger partial charge in [0.25, 0.3) is 0 Å². The zero-order valence-corrected chi connectivity index (χ0v) is 11.4. The van der Waals surface area contributed by atoms with Crippen LogP contribution in [0.3, 0.4) is 0 Å². The predicted molar refractivity (Wildman–Crippen MR) is 78.7 cm³/mol. The largest absolute Gasteiger partial charge is 0.377 e. The predicted octanol–water partition coefficient (Wildman–Crippen LogP) is 2.88. The lowest BCUT2D eigenvalue weighted by atomic mass is 10.1. The summed E-state index contributed by atoms with van der Waals surface area (Å²) >= 11 is 0. The Morgan fingerprint density at radius 1 is 1.16 bits per heavy atom.